The van der Waals surface area contributed by atoms with Gasteiger partial charge in [0.25, 0.3) is 0 Å². The molecular weight excluding hydrogens is 283 g/mol. The van der Waals surface area contributed by atoms with E-state index in [1.54, 1.807) is 23.0 Å². The Kier molecular flexibility index (Phi) is 3.71. The molecule has 0 bridgehead atoms. The van der Waals surface area contributed by atoms with Crippen molar-refractivity contribution in [3.8, 4) is 0 Å². The van der Waals surface area contributed by atoms with Gasteiger partial charge in [-0.3, -0.25) is 4.90 Å². The van der Waals surface area contributed by atoms with Crippen LogP contribution in [0.2, 0.25) is 0 Å². The minimum Gasteiger partial charge on any atom is -0.370 e. The Morgan fingerprint density at radius 2 is 2.19 bits per heavy atom. The average molecular weight is 299 g/mol. The molecule has 1 aliphatic heterocycles. The van der Waals surface area contributed by atoms with Crippen molar-refractivity contribution < 1.29 is 13.2 Å². The molecule has 1 unspecified atom stereocenters. The molecule has 5 nitrogen and oxygen atoms in total. The van der Waals surface area contributed by atoms with Crippen LogP contribution in [-0.4, -0.2) is 51.9 Å². The number of halogens is 3. The van der Waals surface area contributed by atoms with Gasteiger partial charge in [-0.2, -0.15) is 18.3 Å². The first kappa shape index (κ1) is 14.1. The third-order valence-corrected chi connectivity index (χ3v) is 3.60. The lowest BCUT2D eigenvalue weighted by Gasteiger charge is -2.18. The largest absolute Gasteiger partial charge is 0.401 e. The zero-order chi connectivity index (χ0) is 14.9. The number of hydrogen-bond acceptors (Lipinski definition) is 4. The second kappa shape index (κ2) is 5.51. The lowest BCUT2D eigenvalue weighted by atomic mass is 10.1. The van der Waals surface area contributed by atoms with Gasteiger partial charge in [0.05, 0.1) is 12.7 Å². The quantitative estimate of drug-likeness (QED) is 0.938. The summed E-state index contributed by atoms with van der Waals surface area (Å²) in [6.45, 7) is 0.789. The third-order valence-electron chi connectivity index (χ3n) is 3.60. The van der Waals surface area contributed by atoms with Gasteiger partial charge >= 0.3 is 6.18 Å². The summed E-state index contributed by atoms with van der Waals surface area (Å²) in [4.78, 5) is 5.83. The van der Waals surface area contributed by atoms with Gasteiger partial charge in [-0.25, -0.2) is 9.50 Å². The van der Waals surface area contributed by atoms with Crippen LogP contribution in [0.1, 0.15) is 6.42 Å². The maximum Gasteiger partial charge on any atom is 0.401 e. The van der Waals surface area contributed by atoms with E-state index in [0.29, 0.717) is 19.6 Å². The topological polar surface area (TPSA) is 45.5 Å². The predicted octanol–water partition coefficient (Wildman–Crippen LogP) is 2.03. The highest BCUT2D eigenvalue weighted by Gasteiger charge is 2.34. The van der Waals surface area contributed by atoms with Gasteiger partial charge in [0, 0.05) is 25.4 Å². The first-order valence-electron chi connectivity index (χ1n) is 6.83. The Labute approximate surface area is 119 Å². The summed E-state index contributed by atoms with van der Waals surface area (Å²) in [5, 5.41) is 7.25. The minimum atomic E-state index is -4.11. The molecule has 1 aliphatic rings. The molecule has 0 saturated carbocycles. The third kappa shape index (κ3) is 3.63. The van der Waals surface area contributed by atoms with E-state index in [9.17, 15) is 13.2 Å². The summed E-state index contributed by atoms with van der Waals surface area (Å²) in [5.74, 6) is 0.938. The number of alkyl halides is 3. The molecular formula is C13H16F3N5. The molecule has 21 heavy (non-hydrogen) atoms. The summed E-state index contributed by atoms with van der Waals surface area (Å²) in [6, 6.07) is 3.61. The van der Waals surface area contributed by atoms with Crippen LogP contribution in [0.25, 0.3) is 5.65 Å². The number of aromatic nitrogens is 3. The highest BCUT2D eigenvalue weighted by molar-refractivity contribution is 5.45. The van der Waals surface area contributed by atoms with Crippen molar-refractivity contribution in [2.45, 2.75) is 12.6 Å². The Morgan fingerprint density at radius 3 is 3.00 bits per heavy atom. The van der Waals surface area contributed by atoms with E-state index >= 15 is 0 Å². The van der Waals surface area contributed by atoms with Gasteiger partial charge in [0.2, 0.25) is 0 Å². The van der Waals surface area contributed by atoms with Crippen molar-refractivity contribution in [2.24, 2.45) is 5.92 Å². The molecule has 1 fully saturated rings. The first-order chi connectivity index (χ1) is 9.99. The zero-order valence-electron chi connectivity index (χ0n) is 11.3. The lowest BCUT2D eigenvalue weighted by Crippen LogP contribution is -2.33. The summed E-state index contributed by atoms with van der Waals surface area (Å²) in [7, 11) is 0. The Balaban J connectivity index is 1.51. The van der Waals surface area contributed by atoms with E-state index in [1.807, 2.05) is 6.07 Å². The molecule has 1 atom stereocenters. The number of likely N-dealkylation sites (tertiary alicyclic amines) is 1. The van der Waals surface area contributed by atoms with E-state index < -0.39 is 12.7 Å². The van der Waals surface area contributed by atoms with Crippen molar-refractivity contribution in [3.63, 3.8) is 0 Å². The summed E-state index contributed by atoms with van der Waals surface area (Å²) in [6.07, 6.45) is 0.127. The van der Waals surface area contributed by atoms with E-state index in [-0.39, 0.29) is 5.92 Å². The van der Waals surface area contributed by atoms with Crippen molar-refractivity contribution >= 4 is 11.5 Å². The van der Waals surface area contributed by atoms with Crippen LogP contribution in [-0.2, 0) is 0 Å². The molecule has 0 radical (unpaired) electrons. The standard InChI is InChI=1S/C13H16F3N5/c14-13(15,16)9-20-5-2-10(8-20)7-17-11-3-6-21-12(19-11)1-4-18-21/h1,3-4,6,10H,2,5,7-9H2,(H,17,19). The average Bonchev–Trinajstić information content (AvgIpc) is 3.02. The molecule has 0 spiro atoms. The maximum absolute atomic E-state index is 12.3. The number of nitrogens with zero attached hydrogens (tertiary/aromatic N) is 4. The molecule has 0 aromatic carbocycles. The van der Waals surface area contributed by atoms with Gasteiger partial charge in [-0.05, 0) is 24.9 Å². The molecule has 3 rings (SSSR count). The SMILES string of the molecule is FC(F)(F)CN1CCC(CNc2ccn3nccc3n2)C1. The normalized spacial score (nSPS) is 20.2. The van der Waals surface area contributed by atoms with Crippen LogP contribution in [0.5, 0.6) is 0 Å². The van der Waals surface area contributed by atoms with Gasteiger partial charge in [-0.15, -0.1) is 0 Å². The van der Waals surface area contributed by atoms with Crippen LogP contribution in [0.15, 0.2) is 24.5 Å². The van der Waals surface area contributed by atoms with Crippen LogP contribution in [0.4, 0.5) is 19.0 Å². The molecule has 1 saturated heterocycles. The zero-order valence-corrected chi connectivity index (χ0v) is 11.3. The number of fused-ring (bicyclic) bond motifs is 1. The number of nitrogens with one attached hydrogen (secondary N) is 1. The van der Waals surface area contributed by atoms with Crippen LogP contribution in [0.3, 0.4) is 0 Å². The van der Waals surface area contributed by atoms with Crippen LogP contribution >= 0.6 is 0 Å². The molecule has 114 valence electrons. The molecule has 2 aromatic rings. The minimum absolute atomic E-state index is 0.218. The van der Waals surface area contributed by atoms with Crippen LogP contribution < -0.4 is 5.32 Å². The van der Waals surface area contributed by atoms with Gasteiger partial charge < -0.3 is 5.32 Å². The summed E-state index contributed by atoms with van der Waals surface area (Å²) < 4.78 is 38.6. The number of hydrogen-bond donors (Lipinski definition) is 1. The molecule has 3 heterocycles. The monoisotopic (exact) mass is 299 g/mol. The van der Waals surface area contributed by atoms with Crippen molar-refractivity contribution in [2.75, 3.05) is 31.5 Å². The number of anilines is 1. The Bertz CT molecular complexity index is 609. The summed E-state index contributed by atoms with van der Waals surface area (Å²) in [5.41, 5.74) is 0.741. The molecule has 1 N–H and O–H groups in total. The van der Waals surface area contributed by atoms with Crippen LogP contribution in [0, 0.1) is 5.92 Å². The highest BCUT2D eigenvalue weighted by Crippen LogP contribution is 2.23. The fraction of sp³-hybridized carbons (Fsp3) is 0.538. The fourth-order valence-corrected chi connectivity index (χ4v) is 2.64. The Morgan fingerprint density at radius 1 is 1.33 bits per heavy atom. The molecule has 2 aromatic heterocycles. The van der Waals surface area contributed by atoms with E-state index in [0.717, 1.165) is 17.9 Å². The fourth-order valence-electron chi connectivity index (χ4n) is 2.64. The second-order valence-corrected chi connectivity index (χ2v) is 5.33. The van der Waals surface area contributed by atoms with Crippen molar-refractivity contribution in [3.05, 3.63) is 24.5 Å². The van der Waals surface area contributed by atoms with E-state index in [1.165, 1.54) is 4.90 Å². The number of rotatable bonds is 4. The first-order valence-corrected chi connectivity index (χ1v) is 6.83. The highest BCUT2D eigenvalue weighted by atomic mass is 19.4. The van der Waals surface area contributed by atoms with Crippen molar-refractivity contribution in [1.82, 2.24) is 19.5 Å². The summed E-state index contributed by atoms with van der Waals surface area (Å²) >= 11 is 0. The van der Waals surface area contributed by atoms with Gasteiger partial charge in [0.1, 0.15) is 5.82 Å². The molecule has 0 amide bonds. The Hall–Kier alpha value is -1.83. The van der Waals surface area contributed by atoms with E-state index in [4.69, 9.17) is 0 Å². The molecule has 0 aliphatic carbocycles. The van der Waals surface area contributed by atoms with Gasteiger partial charge in [-0.1, -0.05) is 0 Å². The van der Waals surface area contributed by atoms with Crippen molar-refractivity contribution in [1.29, 1.82) is 0 Å². The second-order valence-electron chi connectivity index (χ2n) is 5.33. The predicted molar refractivity (Wildman–Crippen MR) is 72.1 cm³/mol. The van der Waals surface area contributed by atoms with E-state index in [2.05, 4.69) is 15.4 Å². The lowest BCUT2D eigenvalue weighted by molar-refractivity contribution is -0.143. The smallest absolute Gasteiger partial charge is 0.370 e. The molecule has 8 heteroatoms. The van der Waals surface area contributed by atoms with Gasteiger partial charge in [0.15, 0.2) is 5.65 Å². The maximum atomic E-state index is 12.3.